The van der Waals surface area contributed by atoms with Gasteiger partial charge >= 0.3 is 0 Å². The van der Waals surface area contributed by atoms with E-state index in [1.807, 2.05) is 30.3 Å². The first-order chi connectivity index (χ1) is 10.1. The predicted molar refractivity (Wildman–Crippen MR) is 76.7 cm³/mol. The summed E-state index contributed by atoms with van der Waals surface area (Å²) < 4.78 is 0. The first-order valence-corrected chi connectivity index (χ1v) is 6.58. The van der Waals surface area contributed by atoms with Crippen LogP contribution in [0.2, 0.25) is 0 Å². The van der Waals surface area contributed by atoms with E-state index in [-0.39, 0.29) is 5.71 Å². The molecule has 4 aliphatic rings. The van der Waals surface area contributed by atoms with E-state index in [1.165, 1.54) is 5.57 Å². The van der Waals surface area contributed by atoms with E-state index in [1.54, 1.807) is 4.90 Å². The van der Waals surface area contributed by atoms with Crippen LogP contribution in [0.1, 0.15) is 6.42 Å². The molecule has 0 saturated heterocycles. The van der Waals surface area contributed by atoms with Crippen molar-refractivity contribution in [3.63, 3.8) is 0 Å². The Kier molecular flexibility index (Phi) is 2.16. The minimum Gasteiger partial charge on any atom is -0.368 e. The molecular weight excluding hydrogens is 268 g/mol. The number of aliphatic imine (C=N–C) groups is 1. The molecule has 0 aromatic heterocycles. The highest BCUT2D eigenvalue weighted by molar-refractivity contribution is 6.46. The Bertz CT molecular complexity index is 894. The summed E-state index contributed by atoms with van der Waals surface area (Å²) in [6.45, 7) is 0. The van der Waals surface area contributed by atoms with Gasteiger partial charge in [-0.15, -0.1) is 0 Å². The molecular formula is C15H12N4O2. The summed E-state index contributed by atoms with van der Waals surface area (Å²) in [7, 11) is 0. The van der Waals surface area contributed by atoms with Crippen molar-refractivity contribution in [3.05, 3.63) is 46.5 Å². The van der Waals surface area contributed by atoms with Crippen LogP contribution in [0.3, 0.4) is 0 Å². The maximum absolute atomic E-state index is 11.8. The fourth-order valence-corrected chi connectivity index (χ4v) is 3.07. The van der Waals surface area contributed by atoms with Crippen molar-refractivity contribution in [1.29, 1.82) is 0 Å². The summed E-state index contributed by atoms with van der Waals surface area (Å²) >= 11 is 0. The Morgan fingerprint density at radius 2 is 1.86 bits per heavy atom. The number of carbonyl (C=O) groups excluding carboxylic acids is 2. The fourth-order valence-electron chi connectivity index (χ4n) is 3.07. The third kappa shape index (κ3) is 1.44. The molecule has 6 heteroatoms. The Hall–Kier alpha value is -2.89. The number of hydrogen-bond donors (Lipinski definition) is 2. The molecule has 3 aliphatic heterocycles. The van der Waals surface area contributed by atoms with Gasteiger partial charge in [-0.1, -0.05) is 24.3 Å². The molecule has 0 saturated carbocycles. The summed E-state index contributed by atoms with van der Waals surface area (Å²) in [6, 6.07) is 6.86. The molecule has 0 spiro atoms. The summed E-state index contributed by atoms with van der Waals surface area (Å²) in [5.74, 6) is -0.779. The number of allylic oxidation sites excluding steroid dienone is 2. The smallest absolute Gasteiger partial charge is 0.265 e. The van der Waals surface area contributed by atoms with Gasteiger partial charge in [-0.3, -0.25) is 9.59 Å². The van der Waals surface area contributed by atoms with Gasteiger partial charge in [0.15, 0.2) is 6.04 Å². The molecule has 4 N–H and O–H groups in total. The van der Waals surface area contributed by atoms with Crippen LogP contribution in [0.4, 0.5) is 0 Å². The minimum absolute atomic E-state index is 0.00329. The highest BCUT2D eigenvalue weighted by Gasteiger charge is 2.43. The molecule has 104 valence electrons. The molecule has 1 atom stereocenters. The van der Waals surface area contributed by atoms with Crippen molar-refractivity contribution in [2.24, 2.45) is 16.5 Å². The fraction of sp³-hybridized carbons (Fsp3) is 0.133. The average molecular weight is 280 g/mol. The zero-order valence-corrected chi connectivity index (χ0v) is 11.0. The van der Waals surface area contributed by atoms with Crippen molar-refractivity contribution in [1.82, 2.24) is 4.90 Å². The Morgan fingerprint density at radius 3 is 2.48 bits per heavy atom. The van der Waals surface area contributed by atoms with Crippen molar-refractivity contribution < 1.29 is 9.59 Å². The molecule has 3 heterocycles. The number of carbonyl (C=O) groups is 2. The molecule has 2 bridgehead atoms. The van der Waals surface area contributed by atoms with E-state index in [2.05, 4.69) is 4.99 Å². The lowest BCUT2D eigenvalue weighted by molar-refractivity contribution is -0.120. The number of nitrogens with two attached hydrogens (primary N) is 2. The van der Waals surface area contributed by atoms with Crippen LogP contribution >= 0.6 is 0 Å². The number of nitrogens with zero attached hydrogens (tertiary/aromatic N) is 2. The molecule has 1 aliphatic carbocycles. The van der Waals surface area contributed by atoms with Crippen LogP contribution in [0, 0.1) is 0 Å². The van der Waals surface area contributed by atoms with Crippen molar-refractivity contribution in [2.45, 2.75) is 12.5 Å². The van der Waals surface area contributed by atoms with Gasteiger partial charge in [-0.05, 0) is 16.9 Å². The number of amides is 2. The van der Waals surface area contributed by atoms with Gasteiger partial charge in [0.05, 0.1) is 0 Å². The molecule has 21 heavy (non-hydrogen) atoms. The Balaban J connectivity index is 2.10. The summed E-state index contributed by atoms with van der Waals surface area (Å²) in [5.41, 5.74) is 13.0. The van der Waals surface area contributed by atoms with E-state index >= 15 is 0 Å². The van der Waals surface area contributed by atoms with E-state index < -0.39 is 17.9 Å². The second kappa shape index (κ2) is 3.82. The topological polar surface area (TPSA) is 102 Å². The molecule has 1 aromatic carbocycles. The standard InChI is InChI=1S/C15H12N4O2/c16-13(20)11-12(14(17)21)19-8-5-7(6-8)9-3-1-2-4-10(9)15(19)18-11/h1-5,12H,6H2,(H2,16,20)(H2,17,21). The van der Waals surface area contributed by atoms with Gasteiger partial charge in [0.1, 0.15) is 11.5 Å². The molecule has 0 radical (unpaired) electrons. The van der Waals surface area contributed by atoms with Crippen molar-refractivity contribution in [3.8, 4) is 0 Å². The molecule has 2 amide bonds. The van der Waals surface area contributed by atoms with Crippen LogP contribution in [0.25, 0.3) is 11.4 Å². The van der Waals surface area contributed by atoms with Crippen molar-refractivity contribution in [2.75, 3.05) is 0 Å². The molecule has 1 aromatic rings. The largest absolute Gasteiger partial charge is 0.368 e. The highest BCUT2D eigenvalue weighted by Crippen LogP contribution is 2.37. The lowest BCUT2D eigenvalue weighted by Gasteiger charge is -2.31. The van der Waals surface area contributed by atoms with E-state index in [0.29, 0.717) is 5.82 Å². The van der Waals surface area contributed by atoms with E-state index in [0.717, 1.165) is 22.6 Å². The third-order valence-corrected chi connectivity index (χ3v) is 4.03. The van der Waals surface area contributed by atoms with Gasteiger partial charge in [0.2, 0.25) is 5.91 Å². The second-order valence-corrected chi connectivity index (χ2v) is 5.24. The molecule has 1 unspecified atom stereocenters. The van der Waals surface area contributed by atoms with Gasteiger partial charge in [-0.2, -0.15) is 0 Å². The Morgan fingerprint density at radius 1 is 1.19 bits per heavy atom. The molecule has 6 nitrogen and oxygen atoms in total. The maximum Gasteiger partial charge on any atom is 0.265 e. The van der Waals surface area contributed by atoms with E-state index in [4.69, 9.17) is 11.5 Å². The summed E-state index contributed by atoms with van der Waals surface area (Å²) in [6.07, 6.45) is 2.73. The first kappa shape index (κ1) is 11.9. The SMILES string of the molecule is NC(=O)C1=NC2=c3ccccc3=C3C=C(C3)N2C1C(N)=O. The number of benzene rings is 1. The van der Waals surface area contributed by atoms with Gasteiger partial charge in [0, 0.05) is 17.3 Å². The van der Waals surface area contributed by atoms with E-state index in [9.17, 15) is 9.59 Å². The van der Waals surface area contributed by atoms with Crippen LogP contribution in [-0.2, 0) is 9.59 Å². The zero-order valence-electron chi connectivity index (χ0n) is 11.0. The Labute approximate surface area is 119 Å². The average Bonchev–Trinajstić information content (AvgIpc) is 2.67. The van der Waals surface area contributed by atoms with Gasteiger partial charge in [-0.25, -0.2) is 4.99 Å². The third-order valence-electron chi connectivity index (χ3n) is 4.03. The molecule has 5 rings (SSSR count). The zero-order chi connectivity index (χ0) is 14.7. The van der Waals surface area contributed by atoms with Gasteiger partial charge < -0.3 is 16.4 Å². The first-order valence-electron chi connectivity index (χ1n) is 6.58. The lowest BCUT2D eigenvalue weighted by Crippen LogP contribution is -2.49. The normalized spacial score (nSPS) is 21.7. The van der Waals surface area contributed by atoms with Crippen LogP contribution < -0.4 is 21.9 Å². The minimum atomic E-state index is -0.920. The molecule has 0 fully saturated rings. The van der Waals surface area contributed by atoms with Crippen LogP contribution in [0.5, 0.6) is 0 Å². The predicted octanol–water partition coefficient (Wildman–Crippen LogP) is -1.70. The van der Waals surface area contributed by atoms with Crippen molar-refractivity contribution >= 4 is 28.9 Å². The number of hydrogen-bond acceptors (Lipinski definition) is 4. The van der Waals surface area contributed by atoms with Crippen LogP contribution in [-0.4, -0.2) is 28.5 Å². The summed E-state index contributed by atoms with van der Waals surface area (Å²) in [5, 5.41) is 1.95. The maximum atomic E-state index is 11.8. The second-order valence-electron chi connectivity index (χ2n) is 5.24. The highest BCUT2D eigenvalue weighted by atomic mass is 16.2. The lowest BCUT2D eigenvalue weighted by atomic mass is 9.94. The number of primary amides is 2. The van der Waals surface area contributed by atoms with Crippen LogP contribution in [0.15, 0.2) is 41.0 Å². The summed E-state index contributed by atoms with van der Waals surface area (Å²) in [4.78, 5) is 29.5. The van der Waals surface area contributed by atoms with Gasteiger partial charge in [0.25, 0.3) is 5.91 Å². The quantitative estimate of drug-likeness (QED) is 0.675. The monoisotopic (exact) mass is 280 g/mol. The number of rotatable bonds is 2.